The Kier molecular flexibility index (Phi) is 3.45. The van der Waals surface area contributed by atoms with Crippen LogP contribution < -0.4 is 10.6 Å². The number of nitrogens with one attached hydrogen (secondary N) is 2. The quantitative estimate of drug-likeness (QED) is 0.705. The van der Waals surface area contributed by atoms with Crippen molar-refractivity contribution in [3.8, 4) is 5.75 Å². The van der Waals surface area contributed by atoms with Gasteiger partial charge in [0.1, 0.15) is 5.75 Å². The SMILES string of the molecule is CCNc1cccnc1Nc1ccc(O)cc1. The maximum absolute atomic E-state index is 9.21. The van der Waals surface area contributed by atoms with Crippen molar-refractivity contribution in [1.82, 2.24) is 4.98 Å². The number of hydrogen-bond donors (Lipinski definition) is 3. The number of hydrogen-bond acceptors (Lipinski definition) is 4. The Labute approximate surface area is 100 Å². The summed E-state index contributed by atoms with van der Waals surface area (Å²) >= 11 is 0. The highest BCUT2D eigenvalue weighted by molar-refractivity contribution is 5.70. The van der Waals surface area contributed by atoms with Gasteiger partial charge in [-0.05, 0) is 43.3 Å². The van der Waals surface area contributed by atoms with Gasteiger partial charge < -0.3 is 15.7 Å². The van der Waals surface area contributed by atoms with Gasteiger partial charge in [0.05, 0.1) is 5.69 Å². The van der Waals surface area contributed by atoms with Gasteiger partial charge in [-0.1, -0.05) is 0 Å². The molecule has 1 heterocycles. The summed E-state index contributed by atoms with van der Waals surface area (Å²) in [6.07, 6.45) is 1.74. The van der Waals surface area contributed by atoms with Crippen LogP contribution in [0.1, 0.15) is 6.92 Å². The number of aromatic hydroxyl groups is 1. The van der Waals surface area contributed by atoms with Crippen LogP contribution in [0.25, 0.3) is 0 Å². The summed E-state index contributed by atoms with van der Waals surface area (Å²) in [5.41, 5.74) is 1.85. The van der Waals surface area contributed by atoms with Gasteiger partial charge in [0.25, 0.3) is 0 Å². The van der Waals surface area contributed by atoms with Gasteiger partial charge in [-0.15, -0.1) is 0 Å². The van der Waals surface area contributed by atoms with Gasteiger partial charge >= 0.3 is 0 Å². The van der Waals surface area contributed by atoms with Crippen molar-refractivity contribution in [3.63, 3.8) is 0 Å². The smallest absolute Gasteiger partial charge is 0.153 e. The number of phenols is 1. The summed E-state index contributed by atoms with van der Waals surface area (Å²) in [6.45, 7) is 2.88. The van der Waals surface area contributed by atoms with Crippen LogP contribution in [0.3, 0.4) is 0 Å². The summed E-state index contributed by atoms with van der Waals surface area (Å²) in [7, 11) is 0. The van der Waals surface area contributed by atoms with E-state index in [0.29, 0.717) is 0 Å². The molecule has 88 valence electrons. The molecule has 1 aromatic heterocycles. The van der Waals surface area contributed by atoms with Gasteiger partial charge in [-0.25, -0.2) is 4.98 Å². The van der Waals surface area contributed by atoms with Gasteiger partial charge in [-0.3, -0.25) is 0 Å². The molecule has 4 nitrogen and oxygen atoms in total. The second-order valence-corrected chi connectivity index (χ2v) is 3.60. The molecule has 1 aromatic carbocycles. The van der Waals surface area contributed by atoms with Crippen LogP contribution >= 0.6 is 0 Å². The number of aromatic nitrogens is 1. The molecular formula is C13H15N3O. The molecule has 0 unspecified atom stereocenters. The zero-order chi connectivity index (χ0) is 12.1. The fourth-order valence-electron chi connectivity index (χ4n) is 1.52. The number of nitrogens with zero attached hydrogens (tertiary/aromatic N) is 1. The van der Waals surface area contributed by atoms with Crippen molar-refractivity contribution in [2.24, 2.45) is 0 Å². The van der Waals surface area contributed by atoms with Crippen LogP contribution in [-0.4, -0.2) is 16.6 Å². The zero-order valence-electron chi connectivity index (χ0n) is 9.64. The maximum Gasteiger partial charge on any atom is 0.153 e. The van der Waals surface area contributed by atoms with E-state index >= 15 is 0 Å². The summed E-state index contributed by atoms with van der Waals surface area (Å²) < 4.78 is 0. The lowest BCUT2D eigenvalue weighted by molar-refractivity contribution is 0.475. The van der Waals surface area contributed by atoms with Gasteiger partial charge in [0, 0.05) is 18.4 Å². The van der Waals surface area contributed by atoms with E-state index in [2.05, 4.69) is 15.6 Å². The Balaban J connectivity index is 2.20. The molecule has 2 rings (SSSR count). The highest BCUT2D eigenvalue weighted by Gasteiger charge is 2.02. The molecule has 0 amide bonds. The molecule has 17 heavy (non-hydrogen) atoms. The first-order chi connectivity index (χ1) is 8.29. The van der Waals surface area contributed by atoms with Gasteiger partial charge in [-0.2, -0.15) is 0 Å². The first kappa shape index (κ1) is 11.3. The molecule has 2 aromatic rings. The molecule has 0 aliphatic rings. The first-order valence-corrected chi connectivity index (χ1v) is 5.54. The predicted octanol–water partition coefficient (Wildman–Crippen LogP) is 2.96. The van der Waals surface area contributed by atoms with Crippen LogP contribution in [0, 0.1) is 0 Å². The number of rotatable bonds is 4. The lowest BCUT2D eigenvalue weighted by Gasteiger charge is -2.11. The van der Waals surface area contributed by atoms with Crippen LogP contribution in [0.5, 0.6) is 5.75 Å². The van der Waals surface area contributed by atoms with E-state index in [9.17, 15) is 5.11 Å². The summed E-state index contributed by atoms with van der Waals surface area (Å²) in [5.74, 6) is 1.03. The maximum atomic E-state index is 9.21. The van der Waals surface area contributed by atoms with Gasteiger partial charge in [0.2, 0.25) is 0 Å². The lowest BCUT2D eigenvalue weighted by Crippen LogP contribution is -2.02. The number of pyridine rings is 1. The normalized spacial score (nSPS) is 9.94. The Morgan fingerprint density at radius 2 is 1.94 bits per heavy atom. The minimum absolute atomic E-state index is 0.253. The topological polar surface area (TPSA) is 57.2 Å². The molecule has 0 saturated carbocycles. The number of phenolic OH excluding ortho intramolecular Hbond substituents is 1. The van der Waals surface area contributed by atoms with Crippen molar-refractivity contribution in [3.05, 3.63) is 42.6 Å². The summed E-state index contributed by atoms with van der Waals surface area (Å²) in [4.78, 5) is 4.28. The molecule has 0 saturated heterocycles. The molecule has 0 atom stereocenters. The Hall–Kier alpha value is -2.23. The van der Waals surface area contributed by atoms with Gasteiger partial charge in [0.15, 0.2) is 5.82 Å². The highest BCUT2D eigenvalue weighted by Crippen LogP contribution is 2.23. The van der Waals surface area contributed by atoms with Crippen molar-refractivity contribution in [1.29, 1.82) is 0 Å². The minimum atomic E-state index is 0.253. The van der Waals surface area contributed by atoms with E-state index in [1.54, 1.807) is 30.5 Å². The third-order valence-electron chi connectivity index (χ3n) is 2.30. The Morgan fingerprint density at radius 3 is 2.65 bits per heavy atom. The monoisotopic (exact) mass is 229 g/mol. The standard InChI is InChI=1S/C13H15N3O/c1-2-14-12-4-3-9-15-13(12)16-10-5-7-11(17)8-6-10/h3-9,14,17H,2H2,1H3,(H,15,16). The molecule has 0 radical (unpaired) electrons. The largest absolute Gasteiger partial charge is 0.508 e. The average Bonchev–Trinajstić information content (AvgIpc) is 2.35. The predicted molar refractivity (Wildman–Crippen MR) is 69.8 cm³/mol. The molecule has 0 aliphatic carbocycles. The van der Waals surface area contributed by atoms with Crippen molar-refractivity contribution in [2.75, 3.05) is 17.2 Å². The Morgan fingerprint density at radius 1 is 1.18 bits per heavy atom. The molecule has 0 fully saturated rings. The summed E-state index contributed by atoms with van der Waals surface area (Å²) in [5, 5.41) is 15.6. The molecule has 0 aliphatic heterocycles. The first-order valence-electron chi connectivity index (χ1n) is 5.54. The highest BCUT2D eigenvalue weighted by atomic mass is 16.3. The van der Waals surface area contributed by atoms with Crippen molar-refractivity contribution < 1.29 is 5.11 Å². The fourth-order valence-corrected chi connectivity index (χ4v) is 1.52. The second-order valence-electron chi connectivity index (χ2n) is 3.60. The van der Waals surface area contributed by atoms with Crippen LogP contribution in [0.4, 0.5) is 17.2 Å². The number of anilines is 3. The lowest BCUT2D eigenvalue weighted by atomic mass is 10.3. The van der Waals surface area contributed by atoms with E-state index in [-0.39, 0.29) is 5.75 Å². The van der Waals surface area contributed by atoms with Crippen LogP contribution in [-0.2, 0) is 0 Å². The van der Waals surface area contributed by atoms with E-state index in [1.165, 1.54) is 0 Å². The van der Waals surface area contributed by atoms with E-state index in [4.69, 9.17) is 0 Å². The average molecular weight is 229 g/mol. The van der Waals surface area contributed by atoms with Crippen LogP contribution in [0.2, 0.25) is 0 Å². The molecule has 4 heteroatoms. The molecular weight excluding hydrogens is 214 g/mol. The van der Waals surface area contributed by atoms with Crippen molar-refractivity contribution >= 4 is 17.2 Å². The molecule has 3 N–H and O–H groups in total. The minimum Gasteiger partial charge on any atom is -0.508 e. The Bertz CT molecular complexity index is 482. The third kappa shape index (κ3) is 2.87. The molecule has 0 bridgehead atoms. The van der Waals surface area contributed by atoms with Crippen molar-refractivity contribution in [2.45, 2.75) is 6.92 Å². The molecule has 0 spiro atoms. The van der Waals surface area contributed by atoms with Crippen LogP contribution in [0.15, 0.2) is 42.6 Å². The van der Waals surface area contributed by atoms with E-state index in [0.717, 1.165) is 23.7 Å². The summed E-state index contributed by atoms with van der Waals surface area (Å²) in [6, 6.07) is 10.7. The van der Waals surface area contributed by atoms with E-state index < -0.39 is 0 Å². The fraction of sp³-hybridized carbons (Fsp3) is 0.154. The zero-order valence-corrected chi connectivity index (χ0v) is 9.64. The van der Waals surface area contributed by atoms with E-state index in [1.807, 2.05) is 19.1 Å². The second kappa shape index (κ2) is 5.21. The number of benzene rings is 1. The third-order valence-corrected chi connectivity index (χ3v) is 2.30.